The fourth-order valence-electron chi connectivity index (χ4n) is 3.23. The number of carboxylic acids is 1. The second kappa shape index (κ2) is 8.72. The van der Waals surface area contributed by atoms with Gasteiger partial charge in [0, 0.05) is 51.6 Å². The molecule has 2 aromatic carbocycles. The van der Waals surface area contributed by atoms with Crippen molar-refractivity contribution >= 4 is 44.4 Å². The molecular weight excluding hydrogens is 486 g/mol. The summed E-state index contributed by atoms with van der Waals surface area (Å²) >= 11 is 9.84. The van der Waals surface area contributed by atoms with Crippen LogP contribution in [-0.4, -0.2) is 26.8 Å². The highest BCUT2D eigenvalue weighted by atomic mass is 79.9. The van der Waals surface area contributed by atoms with Crippen LogP contribution in [0.4, 0.5) is 0 Å². The van der Waals surface area contributed by atoms with Crippen LogP contribution in [0.3, 0.4) is 0 Å². The lowest BCUT2D eigenvalue weighted by atomic mass is 10.1. The first kappa shape index (κ1) is 21.4. The van der Waals surface area contributed by atoms with Gasteiger partial charge in [0.05, 0.1) is 11.1 Å². The zero-order chi connectivity index (χ0) is 22.1. The molecule has 0 spiro atoms. The first-order valence-electron chi connectivity index (χ1n) is 9.60. The number of fused-ring (bicyclic) bond motifs is 1. The quantitative estimate of drug-likeness (QED) is 0.363. The van der Waals surface area contributed by atoms with E-state index < -0.39 is 5.97 Å². The number of carbonyl (C=O) groups is 1. The number of benzene rings is 2. The van der Waals surface area contributed by atoms with Crippen molar-refractivity contribution in [1.82, 2.24) is 14.7 Å². The van der Waals surface area contributed by atoms with Crippen molar-refractivity contribution in [1.29, 1.82) is 0 Å². The van der Waals surface area contributed by atoms with Crippen LogP contribution in [0, 0.1) is 0 Å². The molecular formula is C22H18BrClN3O4-. The van der Waals surface area contributed by atoms with Gasteiger partial charge in [-0.2, -0.15) is 4.98 Å². The van der Waals surface area contributed by atoms with Crippen molar-refractivity contribution < 1.29 is 19.2 Å². The minimum Gasteiger partial charge on any atom is -0.550 e. The van der Waals surface area contributed by atoms with Gasteiger partial charge in [-0.1, -0.05) is 16.8 Å². The van der Waals surface area contributed by atoms with Crippen LogP contribution in [0.15, 0.2) is 51.6 Å². The highest BCUT2D eigenvalue weighted by molar-refractivity contribution is 9.10. The number of ether oxygens (including phenoxy) is 1. The largest absolute Gasteiger partial charge is 0.550 e. The second-order valence-corrected chi connectivity index (χ2v) is 8.52. The Morgan fingerprint density at radius 1 is 1.26 bits per heavy atom. The molecule has 7 nitrogen and oxygen atoms in total. The normalized spacial score (nSPS) is 11.4. The number of rotatable bonds is 7. The van der Waals surface area contributed by atoms with Gasteiger partial charge in [0.15, 0.2) is 0 Å². The topological polar surface area (TPSA) is 93.2 Å². The summed E-state index contributed by atoms with van der Waals surface area (Å²) in [6.07, 6.45) is 1.81. The van der Waals surface area contributed by atoms with Crippen LogP contribution in [0.1, 0.15) is 20.3 Å². The molecule has 0 atom stereocenters. The Labute approximate surface area is 191 Å². The van der Waals surface area contributed by atoms with E-state index in [9.17, 15) is 9.90 Å². The molecule has 4 aromatic rings. The summed E-state index contributed by atoms with van der Waals surface area (Å²) < 4.78 is 13.8. The average Bonchev–Trinajstić information content (AvgIpc) is 3.33. The number of nitrogens with zero attached hydrogens (tertiary/aromatic N) is 3. The molecule has 0 bridgehead atoms. The fourth-order valence-corrected chi connectivity index (χ4v) is 4.02. The SMILES string of the molecule is CC(C)Oc1ccc(-c2nc(-c3ccc4c(c3)c(Br)cn4CCC(=O)[O-])no2)cc1Cl. The summed E-state index contributed by atoms with van der Waals surface area (Å²) in [6.45, 7) is 4.19. The maximum atomic E-state index is 10.8. The summed E-state index contributed by atoms with van der Waals surface area (Å²) in [7, 11) is 0. The van der Waals surface area contributed by atoms with Crippen LogP contribution >= 0.6 is 27.5 Å². The van der Waals surface area contributed by atoms with Crippen LogP contribution in [0.2, 0.25) is 5.02 Å². The lowest BCUT2D eigenvalue weighted by molar-refractivity contribution is -0.305. The molecule has 0 N–H and O–H groups in total. The number of carbonyl (C=O) groups excluding carboxylic acids is 1. The Morgan fingerprint density at radius 2 is 2.03 bits per heavy atom. The lowest BCUT2D eigenvalue weighted by Crippen LogP contribution is -2.23. The van der Waals surface area contributed by atoms with Crippen molar-refractivity contribution in [3.05, 3.63) is 52.1 Å². The molecule has 0 radical (unpaired) electrons. The molecule has 0 fully saturated rings. The highest BCUT2D eigenvalue weighted by Gasteiger charge is 2.15. The first-order chi connectivity index (χ1) is 14.8. The van der Waals surface area contributed by atoms with Crippen LogP contribution in [0.25, 0.3) is 33.7 Å². The van der Waals surface area contributed by atoms with Gasteiger partial charge in [-0.25, -0.2) is 0 Å². The molecule has 0 aliphatic rings. The van der Waals surface area contributed by atoms with Gasteiger partial charge in [0.1, 0.15) is 5.75 Å². The number of carboxylic acid groups (broad SMARTS) is 1. The number of aliphatic carboxylic acids is 1. The lowest BCUT2D eigenvalue weighted by Gasteiger charge is -2.11. The maximum absolute atomic E-state index is 10.8. The van der Waals surface area contributed by atoms with E-state index in [-0.39, 0.29) is 12.5 Å². The van der Waals surface area contributed by atoms with Crippen LogP contribution in [-0.2, 0) is 11.3 Å². The van der Waals surface area contributed by atoms with Crippen molar-refractivity contribution in [2.75, 3.05) is 0 Å². The molecule has 4 rings (SSSR count). The molecule has 160 valence electrons. The molecule has 0 saturated heterocycles. The number of aryl methyl sites for hydroxylation is 1. The fraction of sp³-hybridized carbons (Fsp3) is 0.227. The Morgan fingerprint density at radius 3 is 2.74 bits per heavy atom. The Balaban J connectivity index is 1.62. The summed E-state index contributed by atoms with van der Waals surface area (Å²) in [6, 6.07) is 11.0. The molecule has 2 heterocycles. The Hall–Kier alpha value is -2.84. The predicted octanol–water partition coefficient (Wildman–Crippen LogP) is 4.70. The van der Waals surface area contributed by atoms with E-state index in [2.05, 4.69) is 26.1 Å². The van der Waals surface area contributed by atoms with Crippen molar-refractivity contribution in [2.24, 2.45) is 0 Å². The monoisotopic (exact) mass is 502 g/mol. The minimum atomic E-state index is -1.09. The third-order valence-corrected chi connectivity index (χ3v) is 5.54. The molecule has 0 saturated carbocycles. The zero-order valence-electron chi connectivity index (χ0n) is 16.8. The maximum Gasteiger partial charge on any atom is 0.258 e. The minimum absolute atomic E-state index is 0.0169. The summed E-state index contributed by atoms with van der Waals surface area (Å²) in [4.78, 5) is 15.3. The van der Waals surface area contributed by atoms with E-state index in [0.29, 0.717) is 34.6 Å². The van der Waals surface area contributed by atoms with E-state index >= 15 is 0 Å². The predicted molar refractivity (Wildman–Crippen MR) is 119 cm³/mol. The summed E-state index contributed by atoms with van der Waals surface area (Å²) in [5, 5.41) is 16.3. The van der Waals surface area contributed by atoms with Gasteiger partial charge in [0.25, 0.3) is 5.89 Å². The zero-order valence-corrected chi connectivity index (χ0v) is 19.1. The van der Waals surface area contributed by atoms with Gasteiger partial charge >= 0.3 is 0 Å². The third kappa shape index (κ3) is 4.60. The first-order valence-corrected chi connectivity index (χ1v) is 10.8. The van der Waals surface area contributed by atoms with Crippen molar-refractivity contribution in [2.45, 2.75) is 32.9 Å². The number of hydrogen-bond acceptors (Lipinski definition) is 6. The van der Waals surface area contributed by atoms with Crippen LogP contribution in [0.5, 0.6) is 5.75 Å². The molecule has 0 aliphatic heterocycles. The number of halogens is 2. The number of aromatic nitrogens is 3. The van der Waals surface area contributed by atoms with E-state index in [1.807, 2.05) is 48.9 Å². The van der Waals surface area contributed by atoms with Gasteiger partial charge in [-0.15, -0.1) is 0 Å². The third-order valence-electron chi connectivity index (χ3n) is 4.62. The van der Waals surface area contributed by atoms with Crippen molar-refractivity contribution in [3.63, 3.8) is 0 Å². The van der Waals surface area contributed by atoms with E-state index in [0.717, 1.165) is 20.9 Å². The van der Waals surface area contributed by atoms with E-state index in [4.69, 9.17) is 20.9 Å². The highest BCUT2D eigenvalue weighted by Crippen LogP contribution is 2.33. The van der Waals surface area contributed by atoms with Crippen LogP contribution < -0.4 is 9.84 Å². The molecule has 0 unspecified atom stereocenters. The Bertz CT molecular complexity index is 1270. The summed E-state index contributed by atoms with van der Waals surface area (Å²) in [5.74, 6) is 0.292. The summed E-state index contributed by atoms with van der Waals surface area (Å²) in [5.41, 5.74) is 2.36. The smallest absolute Gasteiger partial charge is 0.258 e. The molecule has 2 aromatic heterocycles. The molecule has 9 heteroatoms. The molecule has 31 heavy (non-hydrogen) atoms. The van der Waals surface area contributed by atoms with Gasteiger partial charge < -0.3 is 23.7 Å². The van der Waals surface area contributed by atoms with Crippen molar-refractivity contribution in [3.8, 4) is 28.6 Å². The number of hydrogen-bond donors (Lipinski definition) is 0. The van der Waals surface area contributed by atoms with Gasteiger partial charge in [0.2, 0.25) is 5.82 Å². The van der Waals surface area contributed by atoms with E-state index in [1.165, 1.54) is 0 Å². The van der Waals surface area contributed by atoms with E-state index in [1.54, 1.807) is 12.1 Å². The average molecular weight is 504 g/mol. The standard InChI is InChI=1S/C22H19BrClN3O4/c1-12(2)30-19-6-4-14(10-17(19)24)22-25-21(26-31-22)13-3-5-18-15(9-13)16(23)11-27(18)8-7-20(28)29/h3-6,9-12H,7-8H2,1-2H3,(H,28,29)/p-1. The molecule has 0 amide bonds. The van der Waals surface area contributed by atoms with Gasteiger partial charge in [-0.05, 0) is 66.2 Å². The second-order valence-electron chi connectivity index (χ2n) is 7.26. The van der Waals surface area contributed by atoms with Gasteiger partial charge in [-0.3, -0.25) is 0 Å². The molecule has 0 aliphatic carbocycles. The Kier molecular flexibility index (Phi) is 6.02.